The predicted molar refractivity (Wildman–Crippen MR) is 71.9 cm³/mol. The molecule has 0 aliphatic rings. The summed E-state index contributed by atoms with van der Waals surface area (Å²) >= 11 is 0. The summed E-state index contributed by atoms with van der Waals surface area (Å²) in [7, 11) is -2.99. The van der Waals surface area contributed by atoms with Gasteiger partial charge in [0.05, 0.1) is 11.4 Å². The SMILES string of the molecule is CCCS(=O)(=O)CCC(C)(O)CCNC(C)C. The van der Waals surface area contributed by atoms with E-state index < -0.39 is 15.4 Å². The zero-order valence-electron chi connectivity index (χ0n) is 11.5. The molecule has 0 spiro atoms. The van der Waals surface area contributed by atoms with Crippen molar-refractivity contribution >= 4 is 9.84 Å². The van der Waals surface area contributed by atoms with Crippen molar-refractivity contribution in [3.8, 4) is 0 Å². The average molecular weight is 265 g/mol. The summed E-state index contributed by atoms with van der Waals surface area (Å²) in [4.78, 5) is 0. The Bertz CT molecular complexity index is 297. The van der Waals surface area contributed by atoms with Crippen LogP contribution in [0, 0.1) is 0 Å². The van der Waals surface area contributed by atoms with Crippen LogP contribution in [0.3, 0.4) is 0 Å². The topological polar surface area (TPSA) is 66.4 Å². The Morgan fingerprint density at radius 2 is 1.82 bits per heavy atom. The summed E-state index contributed by atoms with van der Waals surface area (Å²) in [6.45, 7) is 8.35. The average Bonchev–Trinajstić information content (AvgIpc) is 2.14. The molecule has 0 amide bonds. The second-order valence-electron chi connectivity index (χ2n) is 5.26. The molecule has 0 radical (unpaired) electrons. The number of nitrogens with one attached hydrogen (secondary N) is 1. The molecule has 104 valence electrons. The summed E-state index contributed by atoms with van der Waals surface area (Å²) in [5.41, 5.74) is -0.900. The highest BCUT2D eigenvalue weighted by atomic mass is 32.2. The van der Waals surface area contributed by atoms with Gasteiger partial charge in [0.2, 0.25) is 0 Å². The molecule has 17 heavy (non-hydrogen) atoms. The van der Waals surface area contributed by atoms with Crippen molar-refractivity contribution in [2.75, 3.05) is 18.1 Å². The lowest BCUT2D eigenvalue weighted by Crippen LogP contribution is -2.34. The third kappa shape index (κ3) is 9.56. The first kappa shape index (κ1) is 16.9. The summed E-state index contributed by atoms with van der Waals surface area (Å²) in [5.74, 6) is 0.294. The van der Waals surface area contributed by atoms with E-state index in [0.29, 0.717) is 31.8 Å². The van der Waals surface area contributed by atoms with E-state index in [1.807, 2.05) is 20.8 Å². The monoisotopic (exact) mass is 265 g/mol. The first-order chi connectivity index (χ1) is 7.68. The van der Waals surface area contributed by atoms with E-state index in [-0.39, 0.29) is 11.5 Å². The van der Waals surface area contributed by atoms with Crippen LogP contribution in [0.25, 0.3) is 0 Å². The molecule has 0 bridgehead atoms. The quantitative estimate of drug-likeness (QED) is 0.660. The summed E-state index contributed by atoms with van der Waals surface area (Å²) in [6, 6.07) is 0.384. The molecule has 0 saturated heterocycles. The van der Waals surface area contributed by atoms with Crippen LogP contribution in [-0.4, -0.2) is 43.2 Å². The van der Waals surface area contributed by atoms with Gasteiger partial charge in [0.1, 0.15) is 9.84 Å². The first-order valence-electron chi connectivity index (χ1n) is 6.35. The number of sulfone groups is 1. The van der Waals surface area contributed by atoms with Gasteiger partial charge in [-0.2, -0.15) is 0 Å². The Kier molecular flexibility index (Phi) is 7.28. The van der Waals surface area contributed by atoms with Gasteiger partial charge in [-0.25, -0.2) is 8.42 Å². The zero-order valence-corrected chi connectivity index (χ0v) is 12.3. The highest BCUT2D eigenvalue weighted by molar-refractivity contribution is 7.91. The Labute approximate surface area is 106 Å². The van der Waals surface area contributed by atoms with Crippen molar-refractivity contribution in [1.82, 2.24) is 5.32 Å². The fourth-order valence-corrected chi connectivity index (χ4v) is 3.12. The van der Waals surface area contributed by atoms with Crippen molar-refractivity contribution in [3.63, 3.8) is 0 Å². The normalized spacial score (nSPS) is 16.1. The molecule has 2 N–H and O–H groups in total. The van der Waals surface area contributed by atoms with Gasteiger partial charge < -0.3 is 10.4 Å². The molecule has 0 aromatic heterocycles. The highest BCUT2D eigenvalue weighted by Crippen LogP contribution is 2.15. The van der Waals surface area contributed by atoms with E-state index in [1.165, 1.54) is 0 Å². The minimum Gasteiger partial charge on any atom is -0.390 e. The standard InChI is InChI=1S/C12H27NO3S/c1-5-9-17(15,16)10-7-12(4,14)6-8-13-11(2)3/h11,13-14H,5-10H2,1-4H3. The van der Waals surface area contributed by atoms with Gasteiger partial charge in [-0.15, -0.1) is 0 Å². The van der Waals surface area contributed by atoms with E-state index >= 15 is 0 Å². The van der Waals surface area contributed by atoms with Crippen LogP contribution < -0.4 is 5.32 Å². The zero-order chi connectivity index (χ0) is 13.5. The molecule has 4 nitrogen and oxygen atoms in total. The molecule has 0 aromatic carbocycles. The number of hydrogen-bond donors (Lipinski definition) is 2. The van der Waals surface area contributed by atoms with Gasteiger partial charge in [-0.1, -0.05) is 20.8 Å². The summed E-state index contributed by atoms with van der Waals surface area (Å²) in [6.07, 6.45) is 1.53. The number of rotatable bonds is 9. The smallest absolute Gasteiger partial charge is 0.150 e. The third-order valence-corrected chi connectivity index (χ3v) is 4.54. The van der Waals surface area contributed by atoms with E-state index in [4.69, 9.17) is 0 Å². The second kappa shape index (κ2) is 7.34. The van der Waals surface area contributed by atoms with Crippen LogP contribution in [-0.2, 0) is 9.84 Å². The van der Waals surface area contributed by atoms with Crippen molar-refractivity contribution in [2.24, 2.45) is 0 Å². The minimum atomic E-state index is -2.99. The molecule has 0 rings (SSSR count). The van der Waals surface area contributed by atoms with Crippen LogP contribution in [0.1, 0.15) is 47.0 Å². The Hall–Kier alpha value is -0.130. The number of aliphatic hydroxyl groups is 1. The molecule has 0 aliphatic heterocycles. The largest absolute Gasteiger partial charge is 0.390 e. The van der Waals surface area contributed by atoms with Gasteiger partial charge in [0.15, 0.2) is 0 Å². The third-order valence-electron chi connectivity index (χ3n) is 2.68. The van der Waals surface area contributed by atoms with Crippen LogP contribution in [0.15, 0.2) is 0 Å². The molecule has 0 saturated carbocycles. The first-order valence-corrected chi connectivity index (χ1v) is 8.17. The van der Waals surface area contributed by atoms with Gasteiger partial charge in [-0.05, 0) is 32.7 Å². The second-order valence-corrected chi connectivity index (χ2v) is 7.56. The van der Waals surface area contributed by atoms with Crippen molar-refractivity contribution < 1.29 is 13.5 Å². The lowest BCUT2D eigenvalue weighted by Gasteiger charge is -2.24. The van der Waals surface area contributed by atoms with Gasteiger partial charge in [0, 0.05) is 11.8 Å². The van der Waals surface area contributed by atoms with Gasteiger partial charge >= 0.3 is 0 Å². The van der Waals surface area contributed by atoms with Crippen LogP contribution in [0.5, 0.6) is 0 Å². The Balaban J connectivity index is 4.00. The van der Waals surface area contributed by atoms with Crippen LogP contribution in [0.2, 0.25) is 0 Å². The van der Waals surface area contributed by atoms with E-state index in [2.05, 4.69) is 5.32 Å². The highest BCUT2D eigenvalue weighted by Gasteiger charge is 2.23. The van der Waals surface area contributed by atoms with E-state index in [1.54, 1.807) is 6.92 Å². The van der Waals surface area contributed by atoms with Crippen LogP contribution >= 0.6 is 0 Å². The molecule has 1 unspecified atom stereocenters. The minimum absolute atomic E-state index is 0.0789. The molecule has 0 heterocycles. The number of hydrogen-bond acceptors (Lipinski definition) is 4. The van der Waals surface area contributed by atoms with Crippen molar-refractivity contribution in [2.45, 2.75) is 58.6 Å². The molecule has 5 heteroatoms. The van der Waals surface area contributed by atoms with E-state index in [0.717, 1.165) is 0 Å². The summed E-state index contributed by atoms with van der Waals surface area (Å²) < 4.78 is 23.1. The fraction of sp³-hybridized carbons (Fsp3) is 1.00. The predicted octanol–water partition coefficient (Wildman–Crippen LogP) is 1.34. The fourth-order valence-electron chi connectivity index (χ4n) is 1.54. The van der Waals surface area contributed by atoms with Gasteiger partial charge in [-0.3, -0.25) is 0 Å². The lowest BCUT2D eigenvalue weighted by molar-refractivity contribution is 0.0475. The maximum atomic E-state index is 11.5. The molecule has 0 fully saturated rings. The van der Waals surface area contributed by atoms with E-state index in [9.17, 15) is 13.5 Å². The van der Waals surface area contributed by atoms with Crippen molar-refractivity contribution in [3.05, 3.63) is 0 Å². The molecule has 0 aromatic rings. The van der Waals surface area contributed by atoms with Crippen molar-refractivity contribution in [1.29, 1.82) is 0 Å². The van der Waals surface area contributed by atoms with Crippen LogP contribution in [0.4, 0.5) is 0 Å². The molecular weight excluding hydrogens is 238 g/mol. The summed E-state index contributed by atoms with van der Waals surface area (Å²) in [5, 5.41) is 13.3. The molecule has 0 aliphatic carbocycles. The maximum Gasteiger partial charge on any atom is 0.150 e. The maximum absolute atomic E-state index is 11.5. The molecular formula is C12H27NO3S. The Morgan fingerprint density at radius 1 is 1.24 bits per heavy atom. The Morgan fingerprint density at radius 3 is 2.29 bits per heavy atom. The lowest BCUT2D eigenvalue weighted by atomic mass is 9.99. The molecule has 1 atom stereocenters. The van der Waals surface area contributed by atoms with Gasteiger partial charge in [0.25, 0.3) is 0 Å².